The van der Waals surface area contributed by atoms with E-state index >= 15 is 0 Å². The van der Waals surface area contributed by atoms with Crippen LogP contribution in [0, 0.1) is 5.92 Å². The maximum absolute atomic E-state index is 6.29. The fraction of sp³-hybridized carbons (Fsp3) is 0.647. The Hall–Kier alpha value is -0.210. The standard InChI is InChI=1S/C17H22BrClO/c18-16(12-6-4-2-1-3-5-7-12)15-11-14(19)10-13-8-9-20-17(13)15/h10-12,16H,1-9H2. The molecule has 0 saturated heterocycles. The summed E-state index contributed by atoms with van der Waals surface area (Å²) in [6.07, 6.45) is 10.5. The number of rotatable bonds is 2. The largest absolute Gasteiger partial charge is 0.493 e. The van der Waals surface area contributed by atoms with Crippen molar-refractivity contribution < 1.29 is 4.74 Å². The van der Waals surface area contributed by atoms with E-state index in [1.165, 1.54) is 56.1 Å². The van der Waals surface area contributed by atoms with Crippen LogP contribution in [-0.2, 0) is 6.42 Å². The first-order valence-corrected chi connectivity index (χ1v) is 9.14. The molecule has 0 amide bonds. The summed E-state index contributed by atoms with van der Waals surface area (Å²) in [4.78, 5) is 0.381. The molecule has 1 aliphatic carbocycles. The maximum Gasteiger partial charge on any atom is 0.127 e. The molecule has 0 radical (unpaired) electrons. The van der Waals surface area contributed by atoms with Crippen molar-refractivity contribution in [3.8, 4) is 5.75 Å². The number of alkyl halides is 1. The summed E-state index contributed by atoms with van der Waals surface area (Å²) in [5.41, 5.74) is 2.55. The Morgan fingerprint density at radius 2 is 1.80 bits per heavy atom. The molecule has 0 N–H and O–H groups in total. The van der Waals surface area contributed by atoms with Crippen LogP contribution in [0.5, 0.6) is 5.75 Å². The van der Waals surface area contributed by atoms with Crippen molar-refractivity contribution in [3.63, 3.8) is 0 Å². The molecule has 20 heavy (non-hydrogen) atoms. The molecular formula is C17H22BrClO. The zero-order valence-electron chi connectivity index (χ0n) is 11.8. The first-order valence-electron chi connectivity index (χ1n) is 7.85. The average Bonchev–Trinajstić information content (AvgIpc) is 2.84. The topological polar surface area (TPSA) is 9.23 Å². The van der Waals surface area contributed by atoms with Crippen LogP contribution in [-0.4, -0.2) is 6.61 Å². The van der Waals surface area contributed by atoms with Gasteiger partial charge in [-0.05, 0) is 36.5 Å². The van der Waals surface area contributed by atoms with Crippen molar-refractivity contribution in [1.82, 2.24) is 0 Å². The molecule has 3 rings (SSSR count). The van der Waals surface area contributed by atoms with Gasteiger partial charge in [0.25, 0.3) is 0 Å². The Balaban J connectivity index is 1.84. The van der Waals surface area contributed by atoms with Gasteiger partial charge in [-0.2, -0.15) is 0 Å². The second-order valence-corrected chi connectivity index (χ2v) is 7.51. The van der Waals surface area contributed by atoms with Crippen LogP contribution in [0.25, 0.3) is 0 Å². The lowest BCUT2D eigenvalue weighted by atomic mass is 9.86. The summed E-state index contributed by atoms with van der Waals surface area (Å²) in [7, 11) is 0. The molecule has 0 aromatic heterocycles. The zero-order chi connectivity index (χ0) is 13.9. The molecule has 1 unspecified atom stereocenters. The van der Waals surface area contributed by atoms with E-state index in [-0.39, 0.29) is 0 Å². The van der Waals surface area contributed by atoms with Gasteiger partial charge in [0.1, 0.15) is 5.75 Å². The number of halogens is 2. The molecule has 1 atom stereocenters. The van der Waals surface area contributed by atoms with Gasteiger partial charge in [0.2, 0.25) is 0 Å². The van der Waals surface area contributed by atoms with Crippen LogP contribution in [0.2, 0.25) is 5.02 Å². The molecule has 3 heteroatoms. The number of fused-ring (bicyclic) bond motifs is 1. The summed E-state index contributed by atoms with van der Waals surface area (Å²) < 4.78 is 5.86. The molecule has 1 aromatic rings. The number of hydrogen-bond acceptors (Lipinski definition) is 1. The molecule has 1 aliphatic heterocycles. The van der Waals surface area contributed by atoms with E-state index in [1.54, 1.807) is 0 Å². The molecule has 1 aromatic carbocycles. The van der Waals surface area contributed by atoms with Gasteiger partial charge >= 0.3 is 0 Å². The molecule has 1 nitrogen and oxygen atoms in total. The minimum atomic E-state index is 0.381. The Morgan fingerprint density at radius 3 is 2.55 bits per heavy atom. The molecule has 2 aliphatic rings. The summed E-state index contributed by atoms with van der Waals surface area (Å²) in [6, 6.07) is 4.16. The van der Waals surface area contributed by atoms with Crippen LogP contribution >= 0.6 is 27.5 Å². The van der Waals surface area contributed by atoms with Gasteiger partial charge in [-0.25, -0.2) is 0 Å². The second-order valence-electron chi connectivity index (χ2n) is 6.09. The minimum Gasteiger partial charge on any atom is -0.493 e. The Labute approximate surface area is 135 Å². The molecule has 110 valence electrons. The normalized spacial score (nSPS) is 21.7. The van der Waals surface area contributed by atoms with E-state index in [9.17, 15) is 0 Å². The minimum absolute atomic E-state index is 0.381. The van der Waals surface area contributed by atoms with E-state index in [4.69, 9.17) is 16.3 Å². The van der Waals surface area contributed by atoms with Crippen molar-refractivity contribution in [2.75, 3.05) is 6.61 Å². The van der Waals surface area contributed by atoms with Gasteiger partial charge in [0, 0.05) is 21.8 Å². The van der Waals surface area contributed by atoms with Gasteiger partial charge in [-0.1, -0.05) is 59.6 Å². The summed E-state index contributed by atoms with van der Waals surface area (Å²) >= 11 is 10.3. The third-order valence-electron chi connectivity index (χ3n) is 4.64. The van der Waals surface area contributed by atoms with Crippen LogP contribution in [0.3, 0.4) is 0 Å². The van der Waals surface area contributed by atoms with E-state index in [2.05, 4.69) is 28.1 Å². The highest BCUT2D eigenvalue weighted by Crippen LogP contribution is 2.45. The van der Waals surface area contributed by atoms with Crippen LogP contribution in [0.4, 0.5) is 0 Å². The maximum atomic E-state index is 6.29. The van der Waals surface area contributed by atoms with Crippen molar-refractivity contribution in [1.29, 1.82) is 0 Å². The predicted molar refractivity (Wildman–Crippen MR) is 88.1 cm³/mol. The van der Waals surface area contributed by atoms with E-state index in [1.807, 2.05) is 0 Å². The quantitative estimate of drug-likeness (QED) is 0.583. The first kappa shape index (κ1) is 14.7. The highest BCUT2D eigenvalue weighted by atomic mass is 79.9. The zero-order valence-corrected chi connectivity index (χ0v) is 14.2. The van der Waals surface area contributed by atoms with E-state index in [0.717, 1.165) is 23.8 Å². The Morgan fingerprint density at radius 1 is 1.10 bits per heavy atom. The summed E-state index contributed by atoms with van der Waals surface area (Å²) in [5, 5.41) is 0.847. The molecular weight excluding hydrogens is 336 g/mol. The van der Waals surface area contributed by atoms with Crippen molar-refractivity contribution >= 4 is 27.5 Å². The lowest BCUT2D eigenvalue weighted by Gasteiger charge is -2.26. The van der Waals surface area contributed by atoms with Crippen LogP contribution in [0.1, 0.15) is 60.9 Å². The van der Waals surface area contributed by atoms with Crippen molar-refractivity contribution in [3.05, 3.63) is 28.3 Å². The molecule has 1 heterocycles. The van der Waals surface area contributed by atoms with Crippen molar-refractivity contribution in [2.24, 2.45) is 5.92 Å². The third kappa shape index (κ3) is 3.17. The van der Waals surface area contributed by atoms with Gasteiger partial charge in [0.15, 0.2) is 0 Å². The predicted octanol–water partition coefficient (Wildman–Crippen LogP) is 6.07. The van der Waals surface area contributed by atoms with Gasteiger partial charge in [-0.15, -0.1) is 0 Å². The number of benzene rings is 1. The average molecular weight is 358 g/mol. The number of hydrogen-bond donors (Lipinski definition) is 0. The monoisotopic (exact) mass is 356 g/mol. The second kappa shape index (κ2) is 6.70. The van der Waals surface area contributed by atoms with Crippen molar-refractivity contribution in [2.45, 2.75) is 56.2 Å². The van der Waals surface area contributed by atoms with E-state index < -0.39 is 0 Å². The smallest absolute Gasteiger partial charge is 0.127 e. The SMILES string of the molecule is Clc1cc2c(c(C(Br)C3CCCCCCC3)c1)OCC2. The Kier molecular flexibility index (Phi) is 4.93. The van der Waals surface area contributed by atoms with Gasteiger partial charge < -0.3 is 4.74 Å². The summed E-state index contributed by atoms with van der Waals surface area (Å²) in [5.74, 6) is 1.81. The van der Waals surface area contributed by atoms with E-state index in [0.29, 0.717) is 10.7 Å². The lowest BCUT2D eigenvalue weighted by Crippen LogP contribution is -2.11. The molecule has 1 fully saturated rings. The fourth-order valence-electron chi connectivity index (χ4n) is 3.54. The van der Waals surface area contributed by atoms with Gasteiger partial charge in [-0.3, -0.25) is 0 Å². The highest BCUT2D eigenvalue weighted by Gasteiger charge is 2.27. The summed E-state index contributed by atoms with van der Waals surface area (Å²) in [6.45, 7) is 0.799. The molecule has 0 bridgehead atoms. The molecule has 1 saturated carbocycles. The number of ether oxygens (including phenoxy) is 1. The Bertz CT molecular complexity index is 466. The fourth-order valence-corrected chi connectivity index (χ4v) is 4.66. The third-order valence-corrected chi connectivity index (χ3v) is 6.10. The molecule has 0 spiro atoms. The van der Waals surface area contributed by atoms with Crippen LogP contribution in [0.15, 0.2) is 12.1 Å². The first-order chi connectivity index (χ1) is 9.75. The van der Waals surface area contributed by atoms with Crippen LogP contribution < -0.4 is 4.74 Å². The highest BCUT2D eigenvalue weighted by molar-refractivity contribution is 9.09. The lowest BCUT2D eigenvalue weighted by molar-refractivity contribution is 0.341. The van der Waals surface area contributed by atoms with Gasteiger partial charge in [0.05, 0.1) is 6.61 Å².